The Balaban J connectivity index is 1.64. The van der Waals surface area contributed by atoms with Crippen LogP contribution in [0.25, 0.3) is 0 Å². The van der Waals surface area contributed by atoms with Gasteiger partial charge in [-0.05, 0) is 56.6 Å². The molecule has 3 N–H and O–H groups in total. The molecule has 166 valence electrons. The number of carbonyl (C=O) groups is 1. The number of anilines is 1. The van der Waals surface area contributed by atoms with Gasteiger partial charge in [0.1, 0.15) is 17.8 Å². The number of rotatable bonds is 7. The summed E-state index contributed by atoms with van der Waals surface area (Å²) >= 11 is 0. The first-order valence-corrected chi connectivity index (χ1v) is 10.4. The van der Waals surface area contributed by atoms with Crippen LogP contribution in [0.15, 0.2) is 70.3 Å². The number of hydrogen-bond acceptors (Lipinski definition) is 7. The number of likely N-dealkylation sites (N-methyl/N-ethyl adjacent to an activating group) is 1. The van der Waals surface area contributed by atoms with Crippen LogP contribution in [0, 0.1) is 0 Å². The summed E-state index contributed by atoms with van der Waals surface area (Å²) < 4.78 is 10.8. The molecule has 8 nitrogen and oxygen atoms in total. The smallest absolute Gasteiger partial charge is 0.251 e. The van der Waals surface area contributed by atoms with E-state index in [0.29, 0.717) is 23.8 Å². The van der Waals surface area contributed by atoms with E-state index in [0.717, 1.165) is 29.1 Å². The Morgan fingerprint density at radius 3 is 2.53 bits per heavy atom. The molecule has 8 heteroatoms. The average Bonchev–Trinajstić information content (AvgIpc) is 3.28. The van der Waals surface area contributed by atoms with Gasteiger partial charge in [0.25, 0.3) is 5.91 Å². The third-order valence-corrected chi connectivity index (χ3v) is 5.31. The van der Waals surface area contributed by atoms with Crippen molar-refractivity contribution in [3.8, 4) is 5.75 Å². The molecule has 1 aliphatic rings. The third kappa shape index (κ3) is 4.37. The zero-order valence-corrected chi connectivity index (χ0v) is 18.4. The molecule has 2 aromatic carbocycles. The number of fused-ring (bicyclic) bond motifs is 1. The van der Waals surface area contributed by atoms with Crippen molar-refractivity contribution in [2.45, 2.75) is 6.17 Å². The van der Waals surface area contributed by atoms with Gasteiger partial charge in [-0.3, -0.25) is 4.79 Å². The first-order chi connectivity index (χ1) is 15.5. The Hall–Kier alpha value is -3.62. The van der Waals surface area contributed by atoms with Crippen molar-refractivity contribution in [1.29, 1.82) is 0 Å². The lowest BCUT2D eigenvalue weighted by Gasteiger charge is -2.34. The quantitative estimate of drug-likeness (QED) is 0.594. The topological polar surface area (TPSA) is 96.3 Å². The summed E-state index contributed by atoms with van der Waals surface area (Å²) in [5, 5.41) is 2.92. The first-order valence-electron chi connectivity index (χ1n) is 10.4. The van der Waals surface area contributed by atoms with Crippen LogP contribution in [0.5, 0.6) is 5.75 Å². The SMILES string of the molecule is COc1ccc(N2C(c3ccc(C(=O)NCCN(C)C)cc3)=Nc3occc3C2N)cc1. The lowest BCUT2D eigenvalue weighted by atomic mass is 10.1. The van der Waals surface area contributed by atoms with Crippen LogP contribution in [0.4, 0.5) is 11.6 Å². The predicted octanol–water partition coefficient (Wildman–Crippen LogP) is 3.14. The number of amidine groups is 1. The summed E-state index contributed by atoms with van der Waals surface area (Å²) in [5.41, 5.74) is 9.69. The van der Waals surface area contributed by atoms with Gasteiger partial charge in [0, 0.05) is 29.9 Å². The summed E-state index contributed by atoms with van der Waals surface area (Å²) in [7, 11) is 5.57. The van der Waals surface area contributed by atoms with Gasteiger partial charge in [0.05, 0.1) is 18.9 Å². The molecule has 0 radical (unpaired) electrons. The highest BCUT2D eigenvalue weighted by Crippen LogP contribution is 2.37. The van der Waals surface area contributed by atoms with Crippen LogP contribution in [0.1, 0.15) is 27.7 Å². The number of aliphatic imine (C=N–C) groups is 1. The number of furan rings is 1. The second-order valence-electron chi connectivity index (χ2n) is 7.77. The maximum absolute atomic E-state index is 12.4. The highest BCUT2D eigenvalue weighted by Gasteiger charge is 2.31. The monoisotopic (exact) mass is 433 g/mol. The Morgan fingerprint density at radius 2 is 1.88 bits per heavy atom. The maximum atomic E-state index is 12.4. The minimum absolute atomic E-state index is 0.110. The fraction of sp³-hybridized carbons (Fsp3) is 0.250. The molecular formula is C24H27N5O3. The number of benzene rings is 2. The molecule has 0 saturated carbocycles. The standard InChI is InChI=1S/C24H27N5O3/c1-28(2)14-13-26-23(30)17-6-4-16(5-7-17)22-27-24-20(12-15-32-24)21(25)29(22)18-8-10-19(31-3)11-9-18/h4-12,15,21H,13-14,25H2,1-3H3,(H,26,30). The van der Waals surface area contributed by atoms with Crippen LogP contribution < -0.4 is 20.7 Å². The lowest BCUT2D eigenvalue weighted by molar-refractivity contribution is 0.0951. The number of methoxy groups -OCH3 is 1. The van der Waals surface area contributed by atoms with Crippen molar-refractivity contribution < 1.29 is 13.9 Å². The van der Waals surface area contributed by atoms with Crippen LogP contribution >= 0.6 is 0 Å². The van der Waals surface area contributed by atoms with Gasteiger partial charge in [-0.15, -0.1) is 0 Å². The molecule has 0 bridgehead atoms. The number of ether oxygens (including phenoxy) is 1. The number of nitrogens with two attached hydrogens (primary N) is 1. The zero-order valence-electron chi connectivity index (χ0n) is 18.4. The maximum Gasteiger partial charge on any atom is 0.251 e. The van der Waals surface area contributed by atoms with Gasteiger partial charge in [-0.2, -0.15) is 4.99 Å². The third-order valence-electron chi connectivity index (χ3n) is 5.31. The van der Waals surface area contributed by atoms with Crippen molar-refractivity contribution in [2.75, 3.05) is 39.2 Å². The van der Waals surface area contributed by atoms with Crippen molar-refractivity contribution in [2.24, 2.45) is 10.7 Å². The van der Waals surface area contributed by atoms with Crippen LogP contribution in [-0.4, -0.2) is 50.9 Å². The summed E-state index contributed by atoms with van der Waals surface area (Å²) in [6.07, 6.45) is 1.11. The minimum Gasteiger partial charge on any atom is -0.497 e. The van der Waals surface area contributed by atoms with E-state index < -0.39 is 6.17 Å². The molecule has 1 unspecified atom stereocenters. The van der Waals surface area contributed by atoms with Crippen molar-refractivity contribution in [1.82, 2.24) is 10.2 Å². The van der Waals surface area contributed by atoms with E-state index >= 15 is 0 Å². The van der Waals surface area contributed by atoms with E-state index in [-0.39, 0.29) is 5.91 Å². The molecular weight excluding hydrogens is 406 g/mol. The summed E-state index contributed by atoms with van der Waals surface area (Å²) in [6, 6.07) is 16.8. The van der Waals surface area contributed by atoms with Gasteiger partial charge in [-0.25, -0.2) is 0 Å². The average molecular weight is 434 g/mol. The van der Waals surface area contributed by atoms with E-state index in [1.165, 1.54) is 0 Å². The molecule has 4 rings (SSSR count). The fourth-order valence-corrected chi connectivity index (χ4v) is 3.54. The Bertz CT molecular complexity index is 1100. The Kier molecular flexibility index (Phi) is 6.25. The lowest BCUT2D eigenvalue weighted by Crippen LogP contribution is -2.42. The molecule has 2 heterocycles. The second kappa shape index (κ2) is 9.25. The molecule has 0 aliphatic carbocycles. The number of nitrogens with zero attached hydrogens (tertiary/aromatic N) is 3. The van der Waals surface area contributed by atoms with E-state index in [1.54, 1.807) is 25.5 Å². The van der Waals surface area contributed by atoms with E-state index in [2.05, 4.69) is 5.32 Å². The van der Waals surface area contributed by atoms with Crippen LogP contribution in [0.2, 0.25) is 0 Å². The summed E-state index contributed by atoms with van der Waals surface area (Å²) in [4.78, 5) is 21.1. The Morgan fingerprint density at radius 1 is 1.16 bits per heavy atom. The molecule has 3 aromatic rings. The van der Waals surface area contributed by atoms with Crippen LogP contribution in [0.3, 0.4) is 0 Å². The number of amides is 1. The van der Waals surface area contributed by atoms with Gasteiger partial charge >= 0.3 is 0 Å². The largest absolute Gasteiger partial charge is 0.497 e. The molecule has 0 saturated heterocycles. The van der Waals surface area contributed by atoms with Crippen LogP contribution in [-0.2, 0) is 0 Å². The van der Waals surface area contributed by atoms with E-state index in [1.807, 2.05) is 66.4 Å². The molecule has 0 spiro atoms. The highest BCUT2D eigenvalue weighted by atomic mass is 16.5. The molecule has 1 amide bonds. The molecule has 0 fully saturated rings. The zero-order chi connectivity index (χ0) is 22.7. The molecule has 1 atom stereocenters. The fourth-order valence-electron chi connectivity index (χ4n) is 3.54. The number of nitrogens with one attached hydrogen (secondary N) is 1. The van der Waals surface area contributed by atoms with E-state index in [4.69, 9.17) is 19.9 Å². The van der Waals surface area contributed by atoms with Gasteiger partial charge in [0.15, 0.2) is 0 Å². The Labute approximate surface area is 187 Å². The number of hydrogen-bond donors (Lipinski definition) is 2. The predicted molar refractivity (Wildman–Crippen MR) is 125 cm³/mol. The second-order valence-corrected chi connectivity index (χ2v) is 7.77. The first kappa shape index (κ1) is 21.6. The van der Waals surface area contributed by atoms with Crippen molar-refractivity contribution >= 4 is 23.3 Å². The normalized spacial score (nSPS) is 15.3. The van der Waals surface area contributed by atoms with Crippen molar-refractivity contribution in [3.63, 3.8) is 0 Å². The van der Waals surface area contributed by atoms with Gasteiger partial charge in [0.2, 0.25) is 5.88 Å². The van der Waals surface area contributed by atoms with Crippen molar-refractivity contribution in [3.05, 3.63) is 77.6 Å². The van der Waals surface area contributed by atoms with Gasteiger partial charge < -0.3 is 30.0 Å². The minimum atomic E-state index is -0.473. The molecule has 32 heavy (non-hydrogen) atoms. The number of carbonyl (C=O) groups excluding carboxylic acids is 1. The summed E-state index contributed by atoms with van der Waals surface area (Å²) in [6.45, 7) is 1.36. The van der Waals surface area contributed by atoms with E-state index in [9.17, 15) is 4.79 Å². The van der Waals surface area contributed by atoms with Gasteiger partial charge in [-0.1, -0.05) is 12.1 Å². The molecule has 1 aliphatic heterocycles. The summed E-state index contributed by atoms with van der Waals surface area (Å²) in [5.74, 6) is 1.78. The molecule has 1 aromatic heterocycles. The highest BCUT2D eigenvalue weighted by molar-refractivity contribution is 6.12.